The molecule has 7 heteroatoms. The van der Waals surface area contributed by atoms with Crippen molar-refractivity contribution in [2.24, 2.45) is 0 Å². The lowest BCUT2D eigenvalue weighted by Gasteiger charge is -2.19. The fourth-order valence-corrected chi connectivity index (χ4v) is 3.55. The molecule has 0 saturated heterocycles. The summed E-state index contributed by atoms with van der Waals surface area (Å²) in [5, 5.41) is 9.23. The standard InChI is InChI=1S/C27H26F3NO3/c1-17-4-13-24(28)25(14-17)31(3)26(34)21-9-5-19(6-10-21)15-23(33)16-20-7-11-22(12-8-20)27(29,30)18(2)32/h4-14,18,32H,15-16H2,1-3H3. The molecule has 1 amide bonds. The van der Waals surface area contributed by atoms with Crippen molar-refractivity contribution in [2.45, 2.75) is 38.7 Å². The van der Waals surface area contributed by atoms with Crippen molar-refractivity contribution in [1.29, 1.82) is 0 Å². The summed E-state index contributed by atoms with van der Waals surface area (Å²) in [6.07, 6.45) is -1.63. The number of carbonyl (C=O) groups excluding carboxylic acids is 2. The number of amides is 1. The van der Waals surface area contributed by atoms with E-state index >= 15 is 0 Å². The van der Waals surface area contributed by atoms with Gasteiger partial charge in [0, 0.05) is 31.0 Å². The molecule has 3 aromatic rings. The first-order chi connectivity index (χ1) is 16.0. The highest BCUT2D eigenvalue weighted by molar-refractivity contribution is 6.05. The molecule has 0 spiro atoms. The van der Waals surface area contributed by atoms with E-state index in [0.29, 0.717) is 16.7 Å². The van der Waals surface area contributed by atoms with Crippen LogP contribution in [0.3, 0.4) is 0 Å². The maximum atomic E-state index is 14.1. The maximum Gasteiger partial charge on any atom is 0.298 e. The Hall–Kier alpha value is -3.45. The number of carbonyl (C=O) groups is 2. The van der Waals surface area contributed by atoms with Gasteiger partial charge in [-0.25, -0.2) is 4.39 Å². The fourth-order valence-electron chi connectivity index (χ4n) is 3.55. The van der Waals surface area contributed by atoms with Crippen LogP contribution in [0.1, 0.15) is 39.5 Å². The normalized spacial score (nSPS) is 12.3. The molecule has 3 rings (SSSR count). The Morgan fingerprint density at radius 2 is 1.47 bits per heavy atom. The number of benzene rings is 3. The molecule has 4 nitrogen and oxygen atoms in total. The number of alkyl halides is 2. The van der Waals surface area contributed by atoms with Crippen LogP contribution in [-0.2, 0) is 23.6 Å². The largest absolute Gasteiger partial charge is 0.387 e. The Balaban J connectivity index is 1.62. The van der Waals surface area contributed by atoms with Crippen LogP contribution in [0.4, 0.5) is 18.9 Å². The molecule has 34 heavy (non-hydrogen) atoms. The molecule has 0 aliphatic rings. The average Bonchev–Trinajstić information content (AvgIpc) is 2.80. The Labute approximate surface area is 196 Å². The highest BCUT2D eigenvalue weighted by atomic mass is 19.3. The number of rotatable bonds is 8. The van der Waals surface area contributed by atoms with Gasteiger partial charge in [-0.1, -0.05) is 42.5 Å². The van der Waals surface area contributed by atoms with Crippen molar-refractivity contribution < 1.29 is 27.9 Å². The van der Waals surface area contributed by atoms with Gasteiger partial charge in [-0.3, -0.25) is 9.59 Å². The molecular weight excluding hydrogens is 443 g/mol. The van der Waals surface area contributed by atoms with E-state index in [9.17, 15) is 27.9 Å². The van der Waals surface area contributed by atoms with Crippen molar-refractivity contribution >= 4 is 17.4 Å². The van der Waals surface area contributed by atoms with Gasteiger partial charge in [0.1, 0.15) is 17.7 Å². The van der Waals surface area contributed by atoms with Gasteiger partial charge in [0.15, 0.2) is 0 Å². The highest BCUT2D eigenvalue weighted by Crippen LogP contribution is 2.31. The molecule has 0 radical (unpaired) electrons. The van der Waals surface area contributed by atoms with E-state index in [0.717, 1.165) is 12.5 Å². The molecule has 1 unspecified atom stereocenters. The Kier molecular flexibility index (Phi) is 7.57. The Morgan fingerprint density at radius 3 is 2.00 bits per heavy atom. The molecule has 0 heterocycles. The third-order valence-electron chi connectivity index (χ3n) is 5.63. The van der Waals surface area contributed by atoms with Gasteiger partial charge in [-0.2, -0.15) is 8.78 Å². The lowest BCUT2D eigenvalue weighted by atomic mass is 9.98. The Morgan fingerprint density at radius 1 is 0.941 bits per heavy atom. The predicted molar refractivity (Wildman–Crippen MR) is 125 cm³/mol. The summed E-state index contributed by atoms with van der Waals surface area (Å²) in [7, 11) is 1.50. The van der Waals surface area contributed by atoms with Crippen LogP contribution in [0.2, 0.25) is 0 Å². The van der Waals surface area contributed by atoms with E-state index in [1.165, 1.54) is 42.3 Å². The second kappa shape index (κ2) is 10.2. The number of aliphatic hydroxyl groups is 1. The number of ketones is 1. The monoisotopic (exact) mass is 469 g/mol. The first-order valence-corrected chi connectivity index (χ1v) is 10.8. The second-order valence-corrected chi connectivity index (χ2v) is 8.40. The molecule has 0 fully saturated rings. The zero-order valence-electron chi connectivity index (χ0n) is 19.2. The van der Waals surface area contributed by atoms with Crippen LogP contribution in [0.15, 0.2) is 66.7 Å². The lowest BCUT2D eigenvalue weighted by Crippen LogP contribution is -2.27. The van der Waals surface area contributed by atoms with Gasteiger partial charge < -0.3 is 10.0 Å². The van der Waals surface area contributed by atoms with Gasteiger partial charge in [0.2, 0.25) is 0 Å². The van der Waals surface area contributed by atoms with Gasteiger partial charge in [0.05, 0.1) is 5.69 Å². The van der Waals surface area contributed by atoms with Gasteiger partial charge in [0.25, 0.3) is 11.8 Å². The number of Topliss-reactive ketones (excluding diaryl/α,β-unsaturated/α-hetero) is 1. The average molecular weight is 470 g/mol. The van der Waals surface area contributed by atoms with Crippen molar-refractivity contribution in [3.63, 3.8) is 0 Å². The smallest absolute Gasteiger partial charge is 0.298 e. The van der Waals surface area contributed by atoms with E-state index in [4.69, 9.17) is 0 Å². The van der Waals surface area contributed by atoms with Crippen LogP contribution in [-0.4, -0.2) is 29.9 Å². The summed E-state index contributed by atoms with van der Waals surface area (Å²) >= 11 is 0. The third kappa shape index (κ3) is 5.72. The number of nitrogens with zero attached hydrogens (tertiary/aromatic N) is 1. The molecule has 0 saturated carbocycles. The van der Waals surface area contributed by atoms with Crippen molar-refractivity contribution in [3.05, 3.63) is 100 Å². The molecular formula is C27H26F3NO3. The van der Waals surface area contributed by atoms with Crippen LogP contribution < -0.4 is 4.90 Å². The van der Waals surface area contributed by atoms with Gasteiger partial charge in [-0.15, -0.1) is 0 Å². The number of halogens is 3. The van der Waals surface area contributed by atoms with Gasteiger partial charge >= 0.3 is 0 Å². The van der Waals surface area contributed by atoms with E-state index < -0.39 is 17.8 Å². The quantitative estimate of drug-likeness (QED) is 0.491. The summed E-state index contributed by atoms with van der Waals surface area (Å²) in [5.74, 6) is -4.35. The van der Waals surface area contributed by atoms with E-state index in [1.54, 1.807) is 36.4 Å². The van der Waals surface area contributed by atoms with Crippen LogP contribution in [0.25, 0.3) is 0 Å². The summed E-state index contributed by atoms with van der Waals surface area (Å²) in [4.78, 5) is 26.4. The molecule has 178 valence electrons. The summed E-state index contributed by atoms with van der Waals surface area (Å²) < 4.78 is 41.9. The van der Waals surface area contributed by atoms with Crippen LogP contribution in [0, 0.1) is 12.7 Å². The van der Waals surface area contributed by atoms with Crippen molar-refractivity contribution in [1.82, 2.24) is 0 Å². The van der Waals surface area contributed by atoms with E-state index in [2.05, 4.69) is 0 Å². The Bertz CT molecular complexity index is 1170. The lowest BCUT2D eigenvalue weighted by molar-refractivity contribution is -0.117. The zero-order valence-corrected chi connectivity index (χ0v) is 19.2. The number of aryl methyl sites for hydroxylation is 1. The summed E-state index contributed by atoms with van der Waals surface area (Å²) in [6.45, 7) is 2.83. The minimum absolute atomic E-state index is 0.0661. The van der Waals surface area contributed by atoms with Crippen molar-refractivity contribution in [2.75, 3.05) is 11.9 Å². The third-order valence-corrected chi connectivity index (χ3v) is 5.63. The highest BCUT2D eigenvalue weighted by Gasteiger charge is 2.37. The number of hydrogen-bond acceptors (Lipinski definition) is 3. The molecule has 1 atom stereocenters. The summed E-state index contributed by atoms with van der Waals surface area (Å²) in [5.41, 5.74) is 2.34. The minimum Gasteiger partial charge on any atom is -0.387 e. The topological polar surface area (TPSA) is 57.6 Å². The number of anilines is 1. The molecule has 1 N–H and O–H groups in total. The number of hydrogen-bond donors (Lipinski definition) is 1. The summed E-state index contributed by atoms with van der Waals surface area (Å²) in [6, 6.07) is 16.4. The number of aliphatic hydroxyl groups excluding tert-OH is 1. The predicted octanol–water partition coefficient (Wildman–Crippen LogP) is 5.24. The van der Waals surface area contributed by atoms with Crippen molar-refractivity contribution in [3.8, 4) is 0 Å². The van der Waals surface area contributed by atoms with Gasteiger partial charge in [-0.05, 0) is 54.8 Å². The van der Waals surface area contributed by atoms with Crippen LogP contribution in [0.5, 0.6) is 0 Å². The molecule has 0 aliphatic heterocycles. The first kappa shape index (κ1) is 25.2. The van der Waals surface area contributed by atoms with Crippen LogP contribution >= 0.6 is 0 Å². The maximum absolute atomic E-state index is 14.1. The zero-order chi connectivity index (χ0) is 25.0. The minimum atomic E-state index is -3.36. The van der Waals surface area contributed by atoms with E-state index in [1.807, 2.05) is 6.92 Å². The molecule has 0 aromatic heterocycles. The van der Waals surface area contributed by atoms with E-state index in [-0.39, 0.29) is 35.8 Å². The fraction of sp³-hybridized carbons (Fsp3) is 0.259. The SMILES string of the molecule is Cc1ccc(F)c(N(C)C(=O)c2ccc(CC(=O)Cc3ccc(C(F)(F)C(C)O)cc3)cc2)c1. The molecule has 0 aliphatic carbocycles. The first-order valence-electron chi connectivity index (χ1n) is 10.8. The molecule has 0 bridgehead atoms. The second-order valence-electron chi connectivity index (χ2n) is 8.40. The molecule has 3 aromatic carbocycles.